The van der Waals surface area contributed by atoms with E-state index in [1.165, 1.54) is 31.9 Å². The highest BCUT2D eigenvalue weighted by Gasteiger charge is 2.33. The van der Waals surface area contributed by atoms with Gasteiger partial charge < -0.3 is 10.4 Å². The van der Waals surface area contributed by atoms with Gasteiger partial charge in [0.25, 0.3) is 0 Å². The Labute approximate surface area is 178 Å². The highest BCUT2D eigenvalue weighted by Crippen LogP contribution is 2.31. The van der Waals surface area contributed by atoms with E-state index in [-0.39, 0.29) is 0 Å². The fourth-order valence-corrected chi connectivity index (χ4v) is 4.04. The monoisotopic (exact) mass is 430 g/mol. The van der Waals surface area contributed by atoms with E-state index in [1.807, 2.05) is 6.07 Å². The fraction of sp³-hybridized carbons (Fsp3) is 0.391. The summed E-state index contributed by atoms with van der Waals surface area (Å²) in [7, 11) is 0. The number of nitrogens with one attached hydrogen (secondary N) is 1. The van der Waals surface area contributed by atoms with E-state index < -0.39 is 18.0 Å². The molecule has 1 fully saturated rings. The Balaban J connectivity index is 1.58. The lowest BCUT2D eigenvalue weighted by atomic mass is 10.00. The normalized spacial score (nSPS) is 16.6. The molecule has 0 radical (unpaired) electrons. The zero-order valence-electron chi connectivity index (χ0n) is 17.0. The summed E-state index contributed by atoms with van der Waals surface area (Å²) in [6.07, 6.45) is 6.16. The predicted molar refractivity (Wildman–Crippen MR) is 112 cm³/mol. The molecule has 0 aliphatic heterocycles. The molecular weight excluding hydrogens is 405 g/mol. The van der Waals surface area contributed by atoms with Crippen molar-refractivity contribution in [3.05, 3.63) is 71.8 Å². The molecule has 31 heavy (non-hydrogen) atoms. The van der Waals surface area contributed by atoms with Crippen molar-refractivity contribution in [2.75, 3.05) is 5.32 Å². The summed E-state index contributed by atoms with van der Waals surface area (Å²) in [6, 6.07) is 9.86. The van der Waals surface area contributed by atoms with Crippen molar-refractivity contribution >= 4 is 5.69 Å². The predicted octanol–water partition coefficient (Wildman–Crippen LogP) is 5.50. The third kappa shape index (κ3) is 5.07. The van der Waals surface area contributed by atoms with Gasteiger partial charge in [-0.1, -0.05) is 37.8 Å². The summed E-state index contributed by atoms with van der Waals surface area (Å²) in [5, 5.41) is 18.3. The lowest BCUT2D eigenvalue weighted by Crippen LogP contribution is -2.20. The zero-order valence-corrected chi connectivity index (χ0v) is 17.0. The van der Waals surface area contributed by atoms with Crippen molar-refractivity contribution in [2.24, 2.45) is 0 Å². The summed E-state index contributed by atoms with van der Waals surface area (Å²) in [5.74, 6) is 0. The molecule has 1 aliphatic rings. The van der Waals surface area contributed by atoms with E-state index in [0.29, 0.717) is 22.9 Å². The number of anilines is 1. The number of rotatable bonds is 5. The van der Waals surface area contributed by atoms with Gasteiger partial charge in [-0.05, 0) is 42.7 Å². The molecule has 1 aromatic carbocycles. The number of alkyl halides is 3. The Bertz CT molecular complexity index is 1010. The molecule has 0 saturated heterocycles. The fourth-order valence-electron chi connectivity index (χ4n) is 4.04. The van der Waals surface area contributed by atoms with Crippen LogP contribution in [0.5, 0.6) is 0 Å². The molecule has 0 bridgehead atoms. The second-order valence-electron chi connectivity index (χ2n) is 7.94. The molecule has 5 nitrogen and oxygen atoms in total. The molecule has 1 unspecified atom stereocenters. The van der Waals surface area contributed by atoms with Crippen molar-refractivity contribution in [1.29, 1.82) is 0 Å². The van der Waals surface area contributed by atoms with E-state index in [4.69, 9.17) is 0 Å². The van der Waals surface area contributed by atoms with Crippen LogP contribution in [-0.2, 0) is 6.18 Å². The van der Waals surface area contributed by atoms with Crippen LogP contribution in [-0.4, -0.2) is 25.9 Å². The Hall–Kier alpha value is -2.87. The molecule has 1 aliphatic carbocycles. The van der Waals surface area contributed by atoms with Gasteiger partial charge in [-0.25, -0.2) is 4.68 Å². The Morgan fingerprint density at radius 2 is 1.84 bits per heavy atom. The smallest absolute Gasteiger partial charge is 0.384 e. The number of hydrogen-bond acceptors (Lipinski definition) is 4. The summed E-state index contributed by atoms with van der Waals surface area (Å²) in [6.45, 7) is 0. The third-order valence-electron chi connectivity index (χ3n) is 5.69. The number of halogens is 3. The van der Waals surface area contributed by atoms with E-state index >= 15 is 0 Å². The number of aliphatic hydroxyl groups excluding tert-OH is 1. The molecule has 2 N–H and O–H groups in total. The van der Waals surface area contributed by atoms with Crippen LogP contribution in [0.1, 0.15) is 61.4 Å². The molecule has 3 aromatic rings. The molecule has 164 valence electrons. The number of aliphatic hydroxyl groups is 1. The second kappa shape index (κ2) is 9.09. The van der Waals surface area contributed by atoms with Crippen LogP contribution >= 0.6 is 0 Å². The largest absolute Gasteiger partial charge is 0.435 e. The van der Waals surface area contributed by atoms with Crippen LogP contribution in [0.4, 0.5) is 18.9 Å². The Morgan fingerprint density at radius 3 is 2.55 bits per heavy atom. The molecule has 1 atom stereocenters. The molecule has 0 amide bonds. The van der Waals surface area contributed by atoms with Crippen LogP contribution in [0, 0.1) is 0 Å². The van der Waals surface area contributed by atoms with Gasteiger partial charge in [0.15, 0.2) is 5.69 Å². The van der Waals surface area contributed by atoms with Crippen molar-refractivity contribution in [2.45, 2.75) is 56.8 Å². The molecular formula is C23H25F3N4O. The highest BCUT2D eigenvalue weighted by molar-refractivity contribution is 5.54. The van der Waals surface area contributed by atoms with Crippen LogP contribution in [0.3, 0.4) is 0 Å². The molecule has 4 rings (SSSR count). The molecule has 1 saturated carbocycles. The SMILES string of the molecule is OC(c1cccc(-n2ccc(C(F)(F)F)n2)c1)c1cnccc1NC1CCCCCC1. The lowest BCUT2D eigenvalue weighted by Gasteiger charge is -2.22. The average molecular weight is 430 g/mol. The summed E-state index contributed by atoms with van der Waals surface area (Å²) >= 11 is 0. The quantitative estimate of drug-likeness (QED) is 0.525. The van der Waals surface area contributed by atoms with Crippen molar-refractivity contribution in [1.82, 2.24) is 14.8 Å². The first-order valence-corrected chi connectivity index (χ1v) is 10.5. The summed E-state index contributed by atoms with van der Waals surface area (Å²) in [5.41, 5.74) is 1.51. The van der Waals surface area contributed by atoms with Gasteiger partial charge in [0.2, 0.25) is 0 Å². The zero-order chi connectivity index (χ0) is 21.8. The number of pyridine rings is 1. The number of benzene rings is 1. The van der Waals surface area contributed by atoms with Gasteiger partial charge >= 0.3 is 6.18 Å². The van der Waals surface area contributed by atoms with Crippen LogP contribution in [0.15, 0.2) is 55.0 Å². The van der Waals surface area contributed by atoms with Gasteiger partial charge in [0.1, 0.15) is 6.10 Å². The minimum absolute atomic E-state index is 0.354. The highest BCUT2D eigenvalue weighted by atomic mass is 19.4. The maximum Gasteiger partial charge on any atom is 0.435 e. The van der Waals surface area contributed by atoms with Crippen molar-refractivity contribution in [3.63, 3.8) is 0 Å². The first-order chi connectivity index (χ1) is 14.9. The van der Waals surface area contributed by atoms with Gasteiger partial charge in [-0.15, -0.1) is 0 Å². The summed E-state index contributed by atoms with van der Waals surface area (Å²) < 4.78 is 39.8. The Morgan fingerprint density at radius 1 is 1.06 bits per heavy atom. The average Bonchev–Trinajstić information content (AvgIpc) is 3.14. The number of hydrogen-bond donors (Lipinski definition) is 2. The van der Waals surface area contributed by atoms with Crippen LogP contribution in [0.25, 0.3) is 5.69 Å². The van der Waals surface area contributed by atoms with E-state index in [0.717, 1.165) is 29.3 Å². The van der Waals surface area contributed by atoms with Crippen LogP contribution in [0.2, 0.25) is 0 Å². The van der Waals surface area contributed by atoms with E-state index in [1.54, 1.807) is 36.7 Å². The van der Waals surface area contributed by atoms with Gasteiger partial charge in [-0.2, -0.15) is 18.3 Å². The number of aromatic nitrogens is 3. The van der Waals surface area contributed by atoms with Gasteiger partial charge in [0.05, 0.1) is 5.69 Å². The molecule has 0 spiro atoms. The van der Waals surface area contributed by atoms with Crippen LogP contribution < -0.4 is 5.32 Å². The van der Waals surface area contributed by atoms with E-state index in [2.05, 4.69) is 15.4 Å². The first kappa shape index (κ1) is 21.4. The first-order valence-electron chi connectivity index (χ1n) is 10.5. The van der Waals surface area contributed by atoms with Crippen molar-refractivity contribution in [3.8, 4) is 5.69 Å². The summed E-state index contributed by atoms with van der Waals surface area (Å²) in [4.78, 5) is 4.17. The topological polar surface area (TPSA) is 63.0 Å². The van der Waals surface area contributed by atoms with Crippen molar-refractivity contribution < 1.29 is 18.3 Å². The maximum atomic E-state index is 12.9. The third-order valence-corrected chi connectivity index (χ3v) is 5.69. The van der Waals surface area contributed by atoms with Gasteiger partial charge in [0, 0.05) is 35.9 Å². The second-order valence-corrected chi connectivity index (χ2v) is 7.94. The standard InChI is InChI=1S/C23H25F3N4O/c24-23(25,26)21-11-13-30(29-21)18-9-5-6-16(14-18)22(31)19-15-27-12-10-20(19)28-17-7-3-1-2-4-8-17/h5-6,9-15,17,22,31H,1-4,7-8H2,(H,27,28). The molecule has 8 heteroatoms. The minimum atomic E-state index is -4.50. The minimum Gasteiger partial charge on any atom is -0.384 e. The van der Waals surface area contributed by atoms with Gasteiger partial charge in [-0.3, -0.25) is 4.98 Å². The van der Waals surface area contributed by atoms with E-state index in [9.17, 15) is 18.3 Å². The lowest BCUT2D eigenvalue weighted by molar-refractivity contribution is -0.141. The Kier molecular flexibility index (Phi) is 6.27. The molecule has 2 aromatic heterocycles. The number of nitrogens with zero attached hydrogens (tertiary/aromatic N) is 3. The molecule has 2 heterocycles. The maximum absolute atomic E-state index is 12.9.